The van der Waals surface area contributed by atoms with Gasteiger partial charge in [-0.05, 0) is 31.9 Å². The normalized spacial score (nSPS) is 17.8. The van der Waals surface area contributed by atoms with Gasteiger partial charge in [0.15, 0.2) is 0 Å². The number of hydrogen-bond donors (Lipinski definition) is 1. The molecule has 0 aliphatic carbocycles. The first-order valence-corrected chi connectivity index (χ1v) is 8.49. The molecule has 1 atom stereocenters. The van der Waals surface area contributed by atoms with Crippen LogP contribution in [0.2, 0.25) is 0 Å². The van der Waals surface area contributed by atoms with Gasteiger partial charge >= 0.3 is 0 Å². The summed E-state index contributed by atoms with van der Waals surface area (Å²) < 4.78 is 5.75. The lowest BCUT2D eigenvalue weighted by molar-refractivity contribution is 0.0706. The Kier molecular flexibility index (Phi) is 3.87. The predicted octanol–water partition coefficient (Wildman–Crippen LogP) is 3.13. The highest BCUT2D eigenvalue weighted by Crippen LogP contribution is 2.30. The molecule has 0 saturated carbocycles. The highest BCUT2D eigenvalue weighted by atomic mass is 16.3. The summed E-state index contributed by atoms with van der Waals surface area (Å²) in [6, 6.07) is 9.55. The van der Waals surface area contributed by atoms with E-state index in [4.69, 9.17) is 10.2 Å². The highest BCUT2D eigenvalue weighted by molar-refractivity contribution is 6.07. The molecular formula is C19H20N4O2. The van der Waals surface area contributed by atoms with E-state index in [1.165, 1.54) is 0 Å². The Bertz CT molecular complexity index is 934. The molecule has 2 aromatic heterocycles. The van der Waals surface area contributed by atoms with E-state index < -0.39 is 0 Å². The lowest BCUT2D eigenvalue weighted by Crippen LogP contribution is -2.39. The molecule has 3 aromatic rings. The zero-order chi connectivity index (χ0) is 17.4. The summed E-state index contributed by atoms with van der Waals surface area (Å²) in [4.78, 5) is 23.3. The number of rotatable bonds is 2. The molecule has 0 spiro atoms. The molecule has 1 unspecified atom stereocenters. The van der Waals surface area contributed by atoms with Gasteiger partial charge in [0.1, 0.15) is 11.3 Å². The number of aromatic nitrogens is 2. The van der Waals surface area contributed by atoms with Gasteiger partial charge in [-0.1, -0.05) is 18.2 Å². The van der Waals surface area contributed by atoms with Gasteiger partial charge in [-0.2, -0.15) is 0 Å². The molecule has 1 aliphatic heterocycles. The van der Waals surface area contributed by atoms with Gasteiger partial charge in [-0.15, -0.1) is 0 Å². The molecule has 1 aromatic carbocycles. The minimum absolute atomic E-state index is 0.0224. The Hall–Kier alpha value is -2.89. The number of nitrogen functional groups attached to an aromatic ring is 1. The van der Waals surface area contributed by atoms with Gasteiger partial charge in [0, 0.05) is 30.6 Å². The van der Waals surface area contributed by atoms with Crippen LogP contribution in [0.25, 0.3) is 11.0 Å². The first-order chi connectivity index (χ1) is 12.1. The molecule has 1 aliphatic rings. The number of para-hydroxylation sites is 1. The first kappa shape index (κ1) is 15.6. The van der Waals surface area contributed by atoms with Crippen molar-refractivity contribution < 1.29 is 9.21 Å². The zero-order valence-corrected chi connectivity index (χ0v) is 14.1. The number of anilines is 1. The van der Waals surface area contributed by atoms with Crippen molar-refractivity contribution in [1.82, 2.24) is 14.9 Å². The van der Waals surface area contributed by atoms with Crippen LogP contribution in [0.15, 0.2) is 40.9 Å². The van der Waals surface area contributed by atoms with Gasteiger partial charge in [0.25, 0.3) is 5.91 Å². The number of fused-ring (bicyclic) bond motifs is 1. The van der Waals surface area contributed by atoms with E-state index in [9.17, 15) is 4.79 Å². The van der Waals surface area contributed by atoms with Crippen LogP contribution < -0.4 is 5.73 Å². The number of piperidine rings is 1. The van der Waals surface area contributed by atoms with E-state index in [2.05, 4.69) is 9.97 Å². The number of benzene rings is 1. The van der Waals surface area contributed by atoms with Crippen LogP contribution >= 0.6 is 0 Å². The standard InChI is InChI=1S/C19H20N4O2/c1-12-17(14-6-2-3-7-16(14)25-12)18(24)23-10-4-5-13(11-23)15-8-9-21-19(20)22-15/h2-3,6-9,13H,4-5,10-11H2,1H3,(H2,20,21,22). The van der Waals surface area contributed by atoms with Gasteiger partial charge in [-0.25, -0.2) is 9.97 Å². The second-order valence-electron chi connectivity index (χ2n) is 6.46. The van der Waals surface area contributed by atoms with Gasteiger partial charge < -0.3 is 15.1 Å². The number of aryl methyl sites for hydroxylation is 1. The second kappa shape index (κ2) is 6.20. The summed E-state index contributed by atoms with van der Waals surface area (Å²) in [5, 5.41) is 0.874. The third-order valence-electron chi connectivity index (χ3n) is 4.81. The minimum atomic E-state index is 0.0224. The van der Waals surface area contributed by atoms with Crippen LogP contribution in [0.4, 0.5) is 5.95 Å². The van der Waals surface area contributed by atoms with E-state index in [0.29, 0.717) is 17.9 Å². The van der Waals surface area contributed by atoms with Crippen molar-refractivity contribution in [2.45, 2.75) is 25.7 Å². The van der Waals surface area contributed by atoms with Crippen LogP contribution in [-0.4, -0.2) is 33.9 Å². The highest BCUT2D eigenvalue weighted by Gasteiger charge is 2.29. The van der Waals surface area contributed by atoms with Crippen molar-refractivity contribution in [1.29, 1.82) is 0 Å². The number of furan rings is 1. The number of carbonyl (C=O) groups excluding carboxylic acids is 1. The average molecular weight is 336 g/mol. The average Bonchev–Trinajstić information content (AvgIpc) is 2.97. The lowest BCUT2D eigenvalue weighted by Gasteiger charge is -2.32. The SMILES string of the molecule is Cc1oc2ccccc2c1C(=O)N1CCCC(c2ccnc(N)n2)C1. The van der Waals surface area contributed by atoms with Crippen LogP contribution in [0.3, 0.4) is 0 Å². The lowest BCUT2D eigenvalue weighted by atomic mass is 9.94. The summed E-state index contributed by atoms with van der Waals surface area (Å²) in [5.41, 5.74) is 8.02. The number of nitrogens with zero attached hydrogens (tertiary/aromatic N) is 3. The Morgan fingerprint density at radius 3 is 3.00 bits per heavy atom. The van der Waals surface area contributed by atoms with E-state index in [-0.39, 0.29) is 17.8 Å². The Morgan fingerprint density at radius 2 is 2.16 bits per heavy atom. The Balaban J connectivity index is 1.62. The zero-order valence-electron chi connectivity index (χ0n) is 14.1. The molecular weight excluding hydrogens is 316 g/mol. The Labute approximate surface area is 145 Å². The van der Waals surface area contributed by atoms with Crippen molar-refractivity contribution in [2.24, 2.45) is 0 Å². The monoisotopic (exact) mass is 336 g/mol. The summed E-state index contributed by atoms with van der Waals surface area (Å²) in [5.74, 6) is 1.15. The Morgan fingerprint density at radius 1 is 1.32 bits per heavy atom. The maximum Gasteiger partial charge on any atom is 0.258 e. The number of likely N-dealkylation sites (tertiary alicyclic amines) is 1. The third kappa shape index (κ3) is 2.84. The van der Waals surface area contributed by atoms with E-state index in [1.807, 2.05) is 42.2 Å². The molecule has 6 heteroatoms. The fraction of sp³-hybridized carbons (Fsp3) is 0.316. The molecule has 4 rings (SSSR count). The van der Waals surface area contributed by atoms with Gasteiger partial charge in [-0.3, -0.25) is 4.79 Å². The fourth-order valence-electron chi connectivity index (χ4n) is 3.61. The quantitative estimate of drug-likeness (QED) is 0.777. The number of hydrogen-bond acceptors (Lipinski definition) is 5. The summed E-state index contributed by atoms with van der Waals surface area (Å²) in [6.07, 6.45) is 3.60. The number of nitrogens with two attached hydrogens (primary N) is 1. The number of amides is 1. The summed E-state index contributed by atoms with van der Waals surface area (Å²) in [6.45, 7) is 3.23. The molecule has 2 N–H and O–H groups in total. The van der Waals surface area contributed by atoms with Crippen LogP contribution in [0.1, 0.15) is 40.6 Å². The molecule has 1 amide bonds. The van der Waals surface area contributed by atoms with Crippen molar-refractivity contribution in [2.75, 3.05) is 18.8 Å². The molecule has 0 bridgehead atoms. The van der Waals surface area contributed by atoms with Crippen LogP contribution in [0.5, 0.6) is 0 Å². The predicted molar refractivity (Wildman–Crippen MR) is 95.3 cm³/mol. The molecule has 128 valence electrons. The van der Waals surface area contributed by atoms with Crippen molar-refractivity contribution >= 4 is 22.8 Å². The maximum atomic E-state index is 13.1. The third-order valence-corrected chi connectivity index (χ3v) is 4.81. The molecule has 0 radical (unpaired) electrons. The molecule has 1 saturated heterocycles. The van der Waals surface area contributed by atoms with Crippen molar-refractivity contribution in [3.8, 4) is 0 Å². The van der Waals surface area contributed by atoms with E-state index in [0.717, 1.165) is 36.0 Å². The molecule has 25 heavy (non-hydrogen) atoms. The maximum absolute atomic E-state index is 13.1. The van der Waals surface area contributed by atoms with Gasteiger partial charge in [0.05, 0.1) is 11.3 Å². The van der Waals surface area contributed by atoms with Gasteiger partial charge in [0.2, 0.25) is 5.95 Å². The van der Waals surface area contributed by atoms with E-state index in [1.54, 1.807) is 6.20 Å². The first-order valence-electron chi connectivity index (χ1n) is 8.49. The second-order valence-corrected chi connectivity index (χ2v) is 6.46. The number of carbonyl (C=O) groups is 1. The largest absolute Gasteiger partial charge is 0.461 e. The van der Waals surface area contributed by atoms with Crippen molar-refractivity contribution in [3.05, 3.63) is 53.5 Å². The topological polar surface area (TPSA) is 85.2 Å². The smallest absolute Gasteiger partial charge is 0.258 e. The summed E-state index contributed by atoms with van der Waals surface area (Å²) in [7, 11) is 0. The fourth-order valence-corrected chi connectivity index (χ4v) is 3.61. The molecule has 1 fully saturated rings. The van der Waals surface area contributed by atoms with E-state index >= 15 is 0 Å². The molecule has 3 heterocycles. The van der Waals surface area contributed by atoms with Crippen LogP contribution in [-0.2, 0) is 0 Å². The van der Waals surface area contributed by atoms with Crippen LogP contribution in [0, 0.1) is 6.92 Å². The molecule has 6 nitrogen and oxygen atoms in total. The van der Waals surface area contributed by atoms with Crippen molar-refractivity contribution in [3.63, 3.8) is 0 Å². The minimum Gasteiger partial charge on any atom is -0.461 e. The summed E-state index contributed by atoms with van der Waals surface area (Å²) >= 11 is 0.